The lowest BCUT2D eigenvalue weighted by Gasteiger charge is -1.84. The molecule has 0 saturated carbocycles. The smallest absolute Gasteiger partial charge is 0.158 e. The highest BCUT2D eigenvalue weighted by molar-refractivity contribution is 6.33. The molecule has 2 aromatic rings. The molecule has 6 heteroatoms. The second-order valence-corrected chi connectivity index (χ2v) is 2.30. The van der Waals surface area contributed by atoms with Gasteiger partial charge in [0, 0.05) is 6.20 Å². The van der Waals surface area contributed by atoms with Gasteiger partial charge in [-0.1, -0.05) is 11.6 Å². The van der Waals surface area contributed by atoms with Gasteiger partial charge in [0.2, 0.25) is 0 Å². The van der Waals surface area contributed by atoms with Crippen LogP contribution >= 0.6 is 11.6 Å². The Balaban J connectivity index is 2.90. The van der Waals surface area contributed by atoms with Crippen LogP contribution in [0.15, 0.2) is 12.3 Å². The standard InChI is InChI=1S/C5H3ClN4O/c6-5-4-3(1-2-7-5)8-10(11)9-4/h1-2,11H. The van der Waals surface area contributed by atoms with Crippen molar-refractivity contribution in [1.29, 1.82) is 0 Å². The number of hydrogen-bond acceptors (Lipinski definition) is 4. The lowest BCUT2D eigenvalue weighted by atomic mass is 10.4. The second-order valence-electron chi connectivity index (χ2n) is 1.94. The van der Waals surface area contributed by atoms with Gasteiger partial charge in [0.15, 0.2) is 10.7 Å². The van der Waals surface area contributed by atoms with Gasteiger partial charge in [0.25, 0.3) is 0 Å². The maximum absolute atomic E-state index is 8.79. The highest BCUT2D eigenvalue weighted by Gasteiger charge is 2.04. The van der Waals surface area contributed by atoms with Crippen molar-refractivity contribution in [2.24, 2.45) is 0 Å². The first kappa shape index (κ1) is 6.36. The largest absolute Gasteiger partial charge is 0.396 e. The van der Waals surface area contributed by atoms with Crippen LogP contribution in [0.5, 0.6) is 0 Å². The van der Waals surface area contributed by atoms with E-state index < -0.39 is 0 Å². The fourth-order valence-electron chi connectivity index (χ4n) is 0.800. The van der Waals surface area contributed by atoms with E-state index in [1.165, 1.54) is 6.20 Å². The first-order valence-electron chi connectivity index (χ1n) is 2.84. The molecule has 0 bridgehead atoms. The van der Waals surface area contributed by atoms with Crippen molar-refractivity contribution in [2.45, 2.75) is 0 Å². The molecule has 2 rings (SSSR count). The maximum atomic E-state index is 8.79. The number of hydrogen-bond donors (Lipinski definition) is 1. The van der Waals surface area contributed by atoms with Crippen LogP contribution in [0.25, 0.3) is 11.0 Å². The number of rotatable bonds is 0. The first-order chi connectivity index (χ1) is 5.27. The van der Waals surface area contributed by atoms with E-state index in [4.69, 9.17) is 16.8 Å². The Bertz CT molecular complexity index is 398. The molecule has 11 heavy (non-hydrogen) atoms. The fraction of sp³-hybridized carbons (Fsp3) is 0. The van der Waals surface area contributed by atoms with Crippen molar-refractivity contribution in [3.05, 3.63) is 17.4 Å². The van der Waals surface area contributed by atoms with Crippen LogP contribution in [0.3, 0.4) is 0 Å². The molecule has 0 spiro atoms. The molecule has 2 heterocycles. The summed E-state index contributed by atoms with van der Waals surface area (Å²) in [5.74, 6) is 0. The summed E-state index contributed by atoms with van der Waals surface area (Å²) in [6.45, 7) is 0. The molecule has 0 aliphatic heterocycles. The number of halogens is 1. The van der Waals surface area contributed by atoms with Crippen LogP contribution in [0.2, 0.25) is 5.15 Å². The molecule has 0 radical (unpaired) electrons. The molecule has 0 aromatic carbocycles. The third kappa shape index (κ3) is 0.894. The Morgan fingerprint density at radius 3 is 3.00 bits per heavy atom. The summed E-state index contributed by atoms with van der Waals surface area (Å²) < 4.78 is 0. The molecule has 0 amide bonds. The highest BCUT2D eigenvalue weighted by Crippen LogP contribution is 2.15. The van der Waals surface area contributed by atoms with E-state index in [9.17, 15) is 0 Å². The molecule has 2 aromatic heterocycles. The van der Waals surface area contributed by atoms with Crippen LogP contribution in [0.4, 0.5) is 0 Å². The van der Waals surface area contributed by atoms with Gasteiger partial charge in [-0.05, 0) is 11.0 Å². The predicted molar refractivity (Wildman–Crippen MR) is 37.5 cm³/mol. The van der Waals surface area contributed by atoms with Crippen LogP contribution in [0.1, 0.15) is 0 Å². The van der Waals surface area contributed by atoms with Gasteiger partial charge in [-0.3, -0.25) is 0 Å². The molecule has 5 nitrogen and oxygen atoms in total. The van der Waals surface area contributed by atoms with Gasteiger partial charge < -0.3 is 5.21 Å². The zero-order chi connectivity index (χ0) is 7.84. The summed E-state index contributed by atoms with van der Waals surface area (Å²) in [7, 11) is 0. The van der Waals surface area contributed by atoms with Crippen molar-refractivity contribution in [3.63, 3.8) is 0 Å². The zero-order valence-corrected chi connectivity index (χ0v) is 6.02. The van der Waals surface area contributed by atoms with Gasteiger partial charge in [-0.2, -0.15) is 0 Å². The molecular formula is C5H3ClN4O. The van der Waals surface area contributed by atoms with Crippen molar-refractivity contribution < 1.29 is 5.21 Å². The number of aromatic nitrogens is 4. The molecule has 0 unspecified atom stereocenters. The van der Waals surface area contributed by atoms with E-state index in [1.807, 2.05) is 0 Å². The summed E-state index contributed by atoms with van der Waals surface area (Å²) >= 11 is 5.63. The van der Waals surface area contributed by atoms with E-state index in [-0.39, 0.29) is 5.15 Å². The Hall–Kier alpha value is -1.36. The van der Waals surface area contributed by atoms with Gasteiger partial charge in [-0.15, -0.1) is 10.2 Å². The topological polar surface area (TPSA) is 63.8 Å². The lowest BCUT2D eigenvalue weighted by Crippen LogP contribution is -1.92. The summed E-state index contributed by atoms with van der Waals surface area (Å²) in [6, 6.07) is 1.61. The van der Waals surface area contributed by atoms with Crippen molar-refractivity contribution in [2.75, 3.05) is 0 Å². The summed E-state index contributed by atoms with van der Waals surface area (Å²) in [6.07, 6.45) is 1.50. The van der Waals surface area contributed by atoms with Crippen LogP contribution < -0.4 is 0 Å². The first-order valence-corrected chi connectivity index (χ1v) is 3.22. The molecule has 0 atom stereocenters. The highest BCUT2D eigenvalue weighted by atomic mass is 35.5. The molecule has 56 valence electrons. The summed E-state index contributed by atoms with van der Waals surface area (Å²) in [5, 5.41) is 16.2. The number of fused-ring (bicyclic) bond motifs is 1. The Morgan fingerprint density at radius 1 is 1.45 bits per heavy atom. The fourth-order valence-corrected chi connectivity index (χ4v) is 0.991. The minimum Gasteiger partial charge on any atom is -0.396 e. The van der Waals surface area contributed by atoms with Gasteiger partial charge in [0.1, 0.15) is 5.52 Å². The van der Waals surface area contributed by atoms with E-state index >= 15 is 0 Å². The van der Waals surface area contributed by atoms with Gasteiger partial charge in [-0.25, -0.2) is 4.98 Å². The quantitative estimate of drug-likeness (QED) is 0.467. The monoisotopic (exact) mass is 170 g/mol. The van der Waals surface area contributed by atoms with E-state index in [2.05, 4.69) is 15.2 Å². The van der Waals surface area contributed by atoms with E-state index in [0.29, 0.717) is 16.0 Å². The third-order valence-corrected chi connectivity index (χ3v) is 1.52. The lowest BCUT2D eigenvalue weighted by molar-refractivity contribution is 0.113. The van der Waals surface area contributed by atoms with Crippen LogP contribution in [-0.2, 0) is 0 Å². The third-order valence-electron chi connectivity index (χ3n) is 1.24. The Morgan fingerprint density at radius 2 is 2.27 bits per heavy atom. The normalized spacial score (nSPS) is 10.6. The molecule has 0 aliphatic rings. The molecule has 0 aliphatic carbocycles. The van der Waals surface area contributed by atoms with Crippen LogP contribution in [-0.4, -0.2) is 25.3 Å². The van der Waals surface area contributed by atoms with Crippen LogP contribution in [0, 0.1) is 0 Å². The summed E-state index contributed by atoms with van der Waals surface area (Å²) in [4.78, 5) is 4.23. The van der Waals surface area contributed by atoms with Gasteiger partial charge in [0.05, 0.1) is 0 Å². The second kappa shape index (κ2) is 2.06. The van der Waals surface area contributed by atoms with E-state index in [0.717, 1.165) is 0 Å². The minimum atomic E-state index is 0.239. The Labute approximate surface area is 66.2 Å². The average Bonchev–Trinajstić information content (AvgIpc) is 2.31. The molecule has 0 fully saturated rings. The SMILES string of the molecule is On1nc2ccnc(Cl)c2n1. The Kier molecular flexibility index (Phi) is 1.19. The summed E-state index contributed by atoms with van der Waals surface area (Å²) in [5.41, 5.74) is 0.921. The number of pyridine rings is 1. The van der Waals surface area contributed by atoms with Gasteiger partial charge >= 0.3 is 0 Å². The minimum absolute atomic E-state index is 0.239. The zero-order valence-electron chi connectivity index (χ0n) is 5.27. The van der Waals surface area contributed by atoms with Crippen molar-refractivity contribution in [3.8, 4) is 0 Å². The molecular weight excluding hydrogens is 168 g/mol. The number of nitrogens with zero attached hydrogens (tertiary/aromatic N) is 4. The maximum Gasteiger partial charge on any atom is 0.158 e. The van der Waals surface area contributed by atoms with E-state index in [1.54, 1.807) is 6.07 Å². The molecule has 1 N–H and O–H groups in total. The van der Waals surface area contributed by atoms with Crippen molar-refractivity contribution in [1.82, 2.24) is 20.1 Å². The molecule has 0 saturated heterocycles. The average molecular weight is 171 g/mol. The van der Waals surface area contributed by atoms with Crippen molar-refractivity contribution >= 4 is 22.6 Å². The predicted octanol–water partition coefficient (Wildman–Crippen LogP) is 0.717.